The van der Waals surface area contributed by atoms with Gasteiger partial charge in [-0.3, -0.25) is 4.79 Å². The summed E-state index contributed by atoms with van der Waals surface area (Å²) in [5.74, 6) is 0.789. The van der Waals surface area contributed by atoms with Crippen molar-refractivity contribution in [3.8, 4) is 5.75 Å². The van der Waals surface area contributed by atoms with E-state index in [4.69, 9.17) is 4.74 Å². The van der Waals surface area contributed by atoms with E-state index in [0.717, 1.165) is 11.3 Å². The third-order valence-corrected chi connectivity index (χ3v) is 2.79. The number of aliphatic hydroxyl groups is 1. The van der Waals surface area contributed by atoms with Crippen molar-refractivity contribution in [2.24, 2.45) is 0 Å². The number of nitrogens with one attached hydrogen (secondary N) is 1. The van der Waals surface area contributed by atoms with E-state index in [-0.39, 0.29) is 11.8 Å². The van der Waals surface area contributed by atoms with Gasteiger partial charge in [-0.15, -0.1) is 0 Å². The maximum atomic E-state index is 12.1. The van der Waals surface area contributed by atoms with Gasteiger partial charge in [0, 0.05) is 12.1 Å². The molecule has 0 aliphatic carbocycles. The van der Waals surface area contributed by atoms with Crippen LogP contribution in [0.15, 0.2) is 18.2 Å². The van der Waals surface area contributed by atoms with Crippen LogP contribution >= 0.6 is 0 Å². The zero-order chi connectivity index (χ0) is 13.7. The van der Waals surface area contributed by atoms with E-state index in [2.05, 4.69) is 5.32 Å². The number of Topliss-reactive ketones (excluding diaryl/α,β-unsaturated/α-hetero) is 1. The molecule has 0 heterocycles. The maximum Gasteiger partial charge on any atom is 0.179 e. The molecule has 0 saturated heterocycles. The van der Waals surface area contributed by atoms with Crippen LogP contribution in [-0.4, -0.2) is 36.7 Å². The Bertz CT molecular complexity index is 416. The molecule has 0 aliphatic rings. The van der Waals surface area contributed by atoms with E-state index in [1.807, 2.05) is 13.0 Å². The van der Waals surface area contributed by atoms with Gasteiger partial charge in [-0.25, -0.2) is 0 Å². The molecule has 18 heavy (non-hydrogen) atoms. The molecule has 0 radical (unpaired) electrons. The molecule has 1 rings (SSSR count). The quantitative estimate of drug-likeness (QED) is 0.753. The number of hydrogen-bond donors (Lipinski definition) is 2. The zero-order valence-electron chi connectivity index (χ0n) is 11.4. The van der Waals surface area contributed by atoms with Gasteiger partial charge >= 0.3 is 0 Å². The standard InChI is InChI=1S/C14H21NO3/c1-9-7-12(5-6-13(9)18-4)14(17)11(3)15-8-10(2)16/h5-7,10-11,15-16H,8H2,1-4H3. The Morgan fingerprint density at radius 1 is 1.44 bits per heavy atom. The van der Waals surface area contributed by atoms with Gasteiger partial charge in [-0.2, -0.15) is 0 Å². The highest BCUT2D eigenvalue weighted by Gasteiger charge is 2.16. The highest BCUT2D eigenvalue weighted by molar-refractivity contribution is 6.00. The number of methoxy groups -OCH3 is 1. The fourth-order valence-electron chi connectivity index (χ4n) is 1.72. The van der Waals surface area contributed by atoms with Crippen LogP contribution in [0, 0.1) is 6.92 Å². The SMILES string of the molecule is COc1ccc(C(=O)C(C)NCC(C)O)cc1C. The predicted octanol–water partition coefficient (Wildman–Crippen LogP) is 1.55. The summed E-state index contributed by atoms with van der Waals surface area (Å²) in [6.07, 6.45) is -0.460. The van der Waals surface area contributed by atoms with Gasteiger partial charge in [0.15, 0.2) is 5.78 Å². The van der Waals surface area contributed by atoms with E-state index in [1.54, 1.807) is 33.1 Å². The topological polar surface area (TPSA) is 58.6 Å². The molecule has 0 saturated carbocycles. The lowest BCUT2D eigenvalue weighted by atomic mass is 10.0. The second-order valence-corrected chi connectivity index (χ2v) is 4.53. The lowest BCUT2D eigenvalue weighted by Gasteiger charge is -2.15. The Morgan fingerprint density at radius 2 is 2.11 bits per heavy atom. The van der Waals surface area contributed by atoms with E-state index in [0.29, 0.717) is 12.1 Å². The zero-order valence-corrected chi connectivity index (χ0v) is 11.4. The van der Waals surface area contributed by atoms with Crippen molar-refractivity contribution in [1.82, 2.24) is 5.32 Å². The van der Waals surface area contributed by atoms with Gasteiger partial charge in [0.05, 0.1) is 19.3 Å². The van der Waals surface area contributed by atoms with Gasteiger partial charge in [-0.05, 0) is 44.5 Å². The minimum absolute atomic E-state index is 0.0152. The number of benzene rings is 1. The summed E-state index contributed by atoms with van der Waals surface area (Å²) in [4.78, 5) is 12.1. The molecule has 0 bridgehead atoms. The van der Waals surface area contributed by atoms with Crippen LogP contribution in [0.4, 0.5) is 0 Å². The summed E-state index contributed by atoms with van der Waals surface area (Å²) in [7, 11) is 1.61. The molecule has 2 N–H and O–H groups in total. The Morgan fingerprint density at radius 3 is 2.61 bits per heavy atom. The molecule has 0 aliphatic heterocycles. The fraction of sp³-hybridized carbons (Fsp3) is 0.500. The summed E-state index contributed by atoms with van der Waals surface area (Å²) in [6, 6.07) is 5.06. The van der Waals surface area contributed by atoms with Crippen LogP contribution in [0.25, 0.3) is 0 Å². The van der Waals surface area contributed by atoms with Crippen molar-refractivity contribution >= 4 is 5.78 Å². The van der Waals surface area contributed by atoms with Crippen LogP contribution in [0.1, 0.15) is 29.8 Å². The first-order chi connectivity index (χ1) is 8.45. The minimum Gasteiger partial charge on any atom is -0.496 e. The van der Waals surface area contributed by atoms with Crippen molar-refractivity contribution in [3.63, 3.8) is 0 Å². The Balaban J connectivity index is 2.74. The van der Waals surface area contributed by atoms with Crippen molar-refractivity contribution in [3.05, 3.63) is 29.3 Å². The first-order valence-electron chi connectivity index (χ1n) is 6.06. The smallest absolute Gasteiger partial charge is 0.179 e. The molecule has 100 valence electrons. The Kier molecular flexibility index (Phi) is 5.31. The van der Waals surface area contributed by atoms with Crippen LogP contribution in [0.2, 0.25) is 0 Å². The third kappa shape index (κ3) is 3.82. The Labute approximate surface area is 108 Å². The summed E-state index contributed by atoms with van der Waals surface area (Å²) in [5.41, 5.74) is 1.59. The number of ether oxygens (including phenoxy) is 1. The number of aliphatic hydroxyl groups excluding tert-OH is 1. The number of carbonyl (C=O) groups excluding carboxylic acids is 1. The van der Waals surface area contributed by atoms with Gasteiger partial charge in [0.25, 0.3) is 0 Å². The molecule has 0 spiro atoms. The predicted molar refractivity (Wildman–Crippen MR) is 71.2 cm³/mol. The molecule has 0 aromatic heterocycles. The normalized spacial score (nSPS) is 14.1. The maximum absolute atomic E-state index is 12.1. The second kappa shape index (κ2) is 6.52. The van der Waals surface area contributed by atoms with Gasteiger partial charge in [0.2, 0.25) is 0 Å². The summed E-state index contributed by atoms with van der Waals surface area (Å²) >= 11 is 0. The van der Waals surface area contributed by atoms with E-state index >= 15 is 0 Å². The highest BCUT2D eigenvalue weighted by Crippen LogP contribution is 2.19. The molecule has 1 aromatic rings. The van der Waals surface area contributed by atoms with Crippen LogP contribution < -0.4 is 10.1 Å². The highest BCUT2D eigenvalue weighted by atomic mass is 16.5. The molecule has 4 nitrogen and oxygen atoms in total. The number of ketones is 1. The first kappa shape index (κ1) is 14.7. The first-order valence-corrected chi connectivity index (χ1v) is 6.06. The molecular formula is C14H21NO3. The molecule has 0 fully saturated rings. The molecule has 2 unspecified atom stereocenters. The lowest BCUT2D eigenvalue weighted by molar-refractivity contribution is 0.0941. The van der Waals surface area contributed by atoms with Crippen molar-refractivity contribution in [2.75, 3.05) is 13.7 Å². The second-order valence-electron chi connectivity index (χ2n) is 4.53. The van der Waals surface area contributed by atoms with E-state index in [1.165, 1.54) is 0 Å². The van der Waals surface area contributed by atoms with Crippen molar-refractivity contribution in [2.45, 2.75) is 32.9 Å². The summed E-state index contributed by atoms with van der Waals surface area (Å²) in [6.45, 7) is 5.79. The number of rotatable bonds is 6. The molecule has 4 heteroatoms. The number of aryl methyl sites for hydroxylation is 1. The average molecular weight is 251 g/mol. The minimum atomic E-state index is -0.460. The lowest BCUT2D eigenvalue weighted by Crippen LogP contribution is -2.38. The van der Waals surface area contributed by atoms with Crippen LogP contribution in [0.3, 0.4) is 0 Å². The summed E-state index contributed by atoms with van der Waals surface area (Å²) < 4.78 is 5.16. The number of hydrogen-bond acceptors (Lipinski definition) is 4. The van der Waals surface area contributed by atoms with Crippen LogP contribution in [0.5, 0.6) is 5.75 Å². The van der Waals surface area contributed by atoms with E-state index < -0.39 is 6.10 Å². The van der Waals surface area contributed by atoms with Crippen molar-refractivity contribution in [1.29, 1.82) is 0 Å². The molecule has 0 amide bonds. The molecule has 2 atom stereocenters. The monoisotopic (exact) mass is 251 g/mol. The largest absolute Gasteiger partial charge is 0.496 e. The molecular weight excluding hydrogens is 230 g/mol. The van der Waals surface area contributed by atoms with Gasteiger partial charge in [0.1, 0.15) is 5.75 Å². The molecule has 1 aromatic carbocycles. The Hall–Kier alpha value is -1.39. The third-order valence-electron chi connectivity index (χ3n) is 2.79. The van der Waals surface area contributed by atoms with Crippen molar-refractivity contribution < 1.29 is 14.6 Å². The average Bonchev–Trinajstić information content (AvgIpc) is 2.34. The van der Waals surface area contributed by atoms with Gasteiger partial charge < -0.3 is 15.2 Å². The van der Waals surface area contributed by atoms with Crippen LogP contribution in [-0.2, 0) is 0 Å². The van der Waals surface area contributed by atoms with Gasteiger partial charge in [-0.1, -0.05) is 0 Å². The number of carbonyl (C=O) groups is 1. The summed E-state index contributed by atoms with van der Waals surface area (Å²) in [5, 5.41) is 12.2. The van der Waals surface area contributed by atoms with E-state index in [9.17, 15) is 9.90 Å². The fourth-order valence-corrected chi connectivity index (χ4v) is 1.72.